The summed E-state index contributed by atoms with van der Waals surface area (Å²) in [5.74, 6) is 0.0445. The molecule has 0 saturated heterocycles. The number of nitrogens with zero attached hydrogens (tertiary/aromatic N) is 2. The fourth-order valence-corrected chi connectivity index (χ4v) is 3.07. The van der Waals surface area contributed by atoms with Crippen molar-refractivity contribution >= 4 is 15.8 Å². The van der Waals surface area contributed by atoms with Crippen LogP contribution in [0.3, 0.4) is 0 Å². The minimum Gasteiger partial charge on any atom is -0.383 e. The number of nitrogens with two attached hydrogens (primary N) is 1. The van der Waals surface area contributed by atoms with Crippen LogP contribution in [-0.2, 0) is 10.0 Å². The number of aromatic nitrogens is 1. The van der Waals surface area contributed by atoms with Crippen LogP contribution in [0.15, 0.2) is 23.2 Å². The molecule has 0 amide bonds. The molecule has 17 heavy (non-hydrogen) atoms. The molecule has 0 aliphatic rings. The van der Waals surface area contributed by atoms with E-state index in [1.165, 1.54) is 16.6 Å². The van der Waals surface area contributed by atoms with E-state index < -0.39 is 10.0 Å². The van der Waals surface area contributed by atoms with Crippen LogP contribution in [0.4, 0.5) is 5.82 Å². The van der Waals surface area contributed by atoms with Gasteiger partial charge in [0.05, 0.1) is 0 Å². The largest absolute Gasteiger partial charge is 0.383 e. The lowest BCUT2D eigenvalue weighted by Gasteiger charge is -2.24. The topological polar surface area (TPSA) is 76.3 Å². The lowest BCUT2D eigenvalue weighted by atomic mass is 10.2. The van der Waals surface area contributed by atoms with Gasteiger partial charge in [-0.3, -0.25) is 0 Å². The lowest BCUT2D eigenvalue weighted by molar-refractivity contribution is 0.369. The Morgan fingerprint density at radius 3 is 2.71 bits per heavy atom. The zero-order valence-electron chi connectivity index (χ0n) is 10.4. The van der Waals surface area contributed by atoms with Gasteiger partial charge in [0, 0.05) is 19.3 Å². The van der Waals surface area contributed by atoms with E-state index in [1.54, 1.807) is 13.1 Å². The van der Waals surface area contributed by atoms with Gasteiger partial charge in [0.1, 0.15) is 10.7 Å². The molecule has 1 unspecified atom stereocenters. The van der Waals surface area contributed by atoms with Crippen molar-refractivity contribution in [3.05, 3.63) is 18.3 Å². The first-order chi connectivity index (χ1) is 7.91. The number of hydrogen-bond donors (Lipinski definition) is 1. The normalized spacial score (nSPS) is 13.9. The Morgan fingerprint density at radius 2 is 2.18 bits per heavy atom. The number of hydrogen-bond acceptors (Lipinski definition) is 4. The second-order valence-electron chi connectivity index (χ2n) is 4.05. The summed E-state index contributed by atoms with van der Waals surface area (Å²) in [5, 5.41) is 0. The van der Waals surface area contributed by atoms with E-state index >= 15 is 0 Å². The zero-order chi connectivity index (χ0) is 13.1. The average Bonchev–Trinajstić information content (AvgIpc) is 2.28. The van der Waals surface area contributed by atoms with Crippen molar-refractivity contribution in [2.24, 2.45) is 0 Å². The fourth-order valence-electron chi connectivity index (χ4n) is 1.61. The first-order valence-electron chi connectivity index (χ1n) is 5.59. The quantitative estimate of drug-likeness (QED) is 0.866. The van der Waals surface area contributed by atoms with E-state index in [9.17, 15) is 8.42 Å². The second kappa shape index (κ2) is 5.46. The van der Waals surface area contributed by atoms with Crippen LogP contribution in [0.1, 0.15) is 26.7 Å². The van der Waals surface area contributed by atoms with Gasteiger partial charge in [-0.15, -0.1) is 0 Å². The Labute approximate surface area is 103 Å². The van der Waals surface area contributed by atoms with Crippen molar-refractivity contribution in [2.45, 2.75) is 37.6 Å². The Bertz CT molecular complexity index is 473. The Morgan fingerprint density at radius 1 is 1.53 bits per heavy atom. The van der Waals surface area contributed by atoms with E-state index in [2.05, 4.69) is 4.98 Å². The summed E-state index contributed by atoms with van der Waals surface area (Å²) in [5.41, 5.74) is 5.60. The van der Waals surface area contributed by atoms with Crippen LogP contribution in [0.2, 0.25) is 0 Å². The van der Waals surface area contributed by atoms with Gasteiger partial charge in [-0.1, -0.05) is 13.3 Å². The Balaban J connectivity index is 3.08. The maximum atomic E-state index is 12.3. The molecule has 0 aromatic carbocycles. The predicted octanol–water partition coefficient (Wildman–Crippen LogP) is 1.47. The number of nitrogen functional groups attached to an aromatic ring is 1. The molecule has 5 nitrogen and oxygen atoms in total. The van der Waals surface area contributed by atoms with Crippen molar-refractivity contribution in [1.29, 1.82) is 0 Å². The second-order valence-corrected chi connectivity index (χ2v) is 6.01. The molecular formula is C11H19N3O2S. The summed E-state index contributed by atoms with van der Waals surface area (Å²) in [6.45, 7) is 3.91. The summed E-state index contributed by atoms with van der Waals surface area (Å²) in [4.78, 5) is 3.88. The minimum atomic E-state index is -3.55. The number of rotatable bonds is 5. The SMILES string of the molecule is CCCC(C)N(C)S(=O)(=O)c1cccnc1N. The maximum Gasteiger partial charge on any atom is 0.246 e. The van der Waals surface area contributed by atoms with Gasteiger partial charge in [-0.25, -0.2) is 13.4 Å². The molecule has 0 spiro atoms. The smallest absolute Gasteiger partial charge is 0.246 e. The molecule has 1 rings (SSSR count). The molecule has 1 atom stereocenters. The molecule has 0 radical (unpaired) electrons. The molecule has 0 fully saturated rings. The van der Waals surface area contributed by atoms with Gasteiger partial charge < -0.3 is 5.73 Å². The summed E-state index contributed by atoms with van der Waals surface area (Å²) in [7, 11) is -1.97. The highest BCUT2D eigenvalue weighted by Gasteiger charge is 2.26. The number of pyridine rings is 1. The van der Waals surface area contributed by atoms with Gasteiger partial charge in [0.15, 0.2) is 0 Å². The van der Waals surface area contributed by atoms with Crippen molar-refractivity contribution in [3.8, 4) is 0 Å². The van der Waals surface area contributed by atoms with Crippen LogP contribution in [0, 0.1) is 0 Å². The third-order valence-corrected chi connectivity index (χ3v) is 4.80. The summed E-state index contributed by atoms with van der Waals surface area (Å²) in [6.07, 6.45) is 3.23. The monoisotopic (exact) mass is 257 g/mol. The first kappa shape index (κ1) is 13.9. The summed E-state index contributed by atoms with van der Waals surface area (Å²) >= 11 is 0. The molecule has 96 valence electrons. The van der Waals surface area contributed by atoms with E-state index in [0.717, 1.165) is 12.8 Å². The maximum absolute atomic E-state index is 12.3. The van der Waals surface area contributed by atoms with Crippen molar-refractivity contribution in [3.63, 3.8) is 0 Å². The molecule has 1 aromatic rings. The van der Waals surface area contributed by atoms with E-state index in [-0.39, 0.29) is 16.8 Å². The molecule has 0 aliphatic carbocycles. The summed E-state index contributed by atoms with van der Waals surface area (Å²) < 4.78 is 25.9. The Hall–Kier alpha value is -1.14. The molecule has 1 heterocycles. The first-order valence-corrected chi connectivity index (χ1v) is 7.03. The van der Waals surface area contributed by atoms with Crippen LogP contribution >= 0.6 is 0 Å². The lowest BCUT2D eigenvalue weighted by Crippen LogP contribution is -2.35. The van der Waals surface area contributed by atoms with Crippen LogP contribution < -0.4 is 5.73 Å². The molecule has 0 saturated carbocycles. The number of sulfonamides is 1. The predicted molar refractivity (Wildman–Crippen MR) is 68.0 cm³/mol. The average molecular weight is 257 g/mol. The van der Waals surface area contributed by atoms with E-state index in [4.69, 9.17) is 5.73 Å². The van der Waals surface area contributed by atoms with Gasteiger partial charge in [0.25, 0.3) is 0 Å². The molecule has 0 aliphatic heterocycles. The van der Waals surface area contributed by atoms with Crippen LogP contribution in [0.5, 0.6) is 0 Å². The number of anilines is 1. The van der Waals surface area contributed by atoms with Crippen molar-refractivity contribution < 1.29 is 8.42 Å². The highest BCUT2D eigenvalue weighted by Crippen LogP contribution is 2.21. The molecule has 2 N–H and O–H groups in total. The molecule has 0 bridgehead atoms. The summed E-state index contributed by atoms with van der Waals surface area (Å²) in [6, 6.07) is 3.00. The van der Waals surface area contributed by atoms with Crippen LogP contribution in [-0.4, -0.2) is 30.8 Å². The minimum absolute atomic E-state index is 0.0445. The van der Waals surface area contributed by atoms with E-state index in [1.807, 2.05) is 13.8 Å². The molecular weight excluding hydrogens is 238 g/mol. The highest BCUT2D eigenvalue weighted by atomic mass is 32.2. The third-order valence-electron chi connectivity index (χ3n) is 2.78. The standard InChI is InChI=1S/C11H19N3O2S/c1-4-6-9(2)14(3)17(15,16)10-7-5-8-13-11(10)12/h5,7-9H,4,6H2,1-3H3,(H2,12,13). The molecule has 6 heteroatoms. The van der Waals surface area contributed by atoms with E-state index in [0.29, 0.717) is 0 Å². The third kappa shape index (κ3) is 2.95. The van der Waals surface area contributed by atoms with Crippen molar-refractivity contribution in [2.75, 3.05) is 12.8 Å². The molecule has 1 aromatic heterocycles. The van der Waals surface area contributed by atoms with Gasteiger partial charge in [-0.05, 0) is 25.5 Å². The van der Waals surface area contributed by atoms with Gasteiger partial charge in [0.2, 0.25) is 10.0 Å². The highest BCUT2D eigenvalue weighted by molar-refractivity contribution is 7.89. The van der Waals surface area contributed by atoms with Gasteiger partial charge in [-0.2, -0.15) is 4.31 Å². The van der Waals surface area contributed by atoms with Gasteiger partial charge >= 0.3 is 0 Å². The van der Waals surface area contributed by atoms with Crippen LogP contribution in [0.25, 0.3) is 0 Å². The fraction of sp³-hybridized carbons (Fsp3) is 0.545. The zero-order valence-corrected chi connectivity index (χ0v) is 11.2. The Kier molecular flexibility index (Phi) is 4.47. The van der Waals surface area contributed by atoms with Crippen molar-refractivity contribution in [1.82, 2.24) is 9.29 Å².